The lowest BCUT2D eigenvalue weighted by Crippen LogP contribution is -2.34. The zero-order valence-corrected chi connectivity index (χ0v) is 10.0. The van der Waals surface area contributed by atoms with Gasteiger partial charge in [-0.3, -0.25) is 14.3 Å². The minimum absolute atomic E-state index is 0.167. The molecule has 2 heterocycles. The Labute approximate surface area is 108 Å². The van der Waals surface area contributed by atoms with Gasteiger partial charge in [0.25, 0.3) is 5.56 Å². The molecule has 0 aliphatic rings. The Hall–Kier alpha value is -2.69. The van der Waals surface area contributed by atoms with Crippen LogP contribution in [0.1, 0.15) is 5.69 Å². The Balaban J connectivity index is 2.06. The highest BCUT2D eigenvalue weighted by Crippen LogP contribution is 2.11. The van der Waals surface area contributed by atoms with Gasteiger partial charge in [0.2, 0.25) is 0 Å². The summed E-state index contributed by atoms with van der Waals surface area (Å²) in [5, 5.41) is 1.03. The first-order valence-corrected chi connectivity index (χ1v) is 5.87. The molecule has 0 aliphatic carbocycles. The lowest BCUT2D eigenvalue weighted by Gasteiger charge is -2.04. The molecular weight excluding hydrogens is 242 g/mol. The third-order valence-electron chi connectivity index (χ3n) is 2.92. The number of aromatic amines is 1. The predicted octanol–water partition coefficient (Wildman–Crippen LogP) is 1.13. The number of nitrogens with zero attached hydrogens (tertiary/aromatic N) is 2. The smallest absolute Gasteiger partial charge is 0.314 e. The standard InChI is InChI=1S/C14H11N3O2/c18-13-7-8-15-14(19)17(13)9-11-6-5-10-3-1-2-4-12(10)16-11/h1-8H,9H2,(H,15,19). The molecule has 94 valence electrons. The summed E-state index contributed by atoms with van der Waals surface area (Å²) in [5.41, 5.74) is 0.763. The van der Waals surface area contributed by atoms with Gasteiger partial charge >= 0.3 is 5.69 Å². The second kappa shape index (κ2) is 4.53. The first-order chi connectivity index (χ1) is 9.24. The van der Waals surface area contributed by atoms with E-state index >= 15 is 0 Å². The lowest BCUT2D eigenvalue weighted by molar-refractivity contribution is 0.687. The van der Waals surface area contributed by atoms with E-state index in [1.165, 1.54) is 12.3 Å². The number of hydrogen-bond acceptors (Lipinski definition) is 3. The molecule has 1 aromatic carbocycles. The van der Waals surface area contributed by atoms with Crippen molar-refractivity contribution in [3.63, 3.8) is 0 Å². The van der Waals surface area contributed by atoms with E-state index in [0.717, 1.165) is 15.5 Å². The number of pyridine rings is 1. The van der Waals surface area contributed by atoms with Crippen molar-refractivity contribution in [2.24, 2.45) is 0 Å². The van der Waals surface area contributed by atoms with Gasteiger partial charge in [-0.05, 0) is 12.1 Å². The molecule has 0 aliphatic heterocycles. The van der Waals surface area contributed by atoms with Crippen molar-refractivity contribution < 1.29 is 0 Å². The summed E-state index contributed by atoms with van der Waals surface area (Å²) in [4.78, 5) is 30.1. The van der Waals surface area contributed by atoms with Gasteiger partial charge in [0.1, 0.15) is 0 Å². The summed E-state index contributed by atoms with van der Waals surface area (Å²) in [6, 6.07) is 12.8. The fraction of sp³-hybridized carbons (Fsp3) is 0.0714. The average Bonchev–Trinajstić information content (AvgIpc) is 2.43. The molecule has 0 amide bonds. The monoisotopic (exact) mass is 253 g/mol. The van der Waals surface area contributed by atoms with Crippen molar-refractivity contribution in [2.45, 2.75) is 6.54 Å². The van der Waals surface area contributed by atoms with Gasteiger partial charge in [-0.1, -0.05) is 24.3 Å². The first-order valence-electron chi connectivity index (χ1n) is 5.87. The summed E-state index contributed by atoms with van der Waals surface area (Å²) < 4.78 is 1.12. The van der Waals surface area contributed by atoms with Gasteiger partial charge < -0.3 is 4.98 Å². The Morgan fingerprint density at radius 3 is 2.74 bits per heavy atom. The number of fused-ring (bicyclic) bond motifs is 1. The zero-order valence-electron chi connectivity index (χ0n) is 10.0. The number of nitrogens with one attached hydrogen (secondary N) is 1. The number of benzene rings is 1. The molecule has 5 heteroatoms. The SMILES string of the molecule is O=c1cc[nH]c(=O)n1Cc1ccc2ccccc2n1. The van der Waals surface area contributed by atoms with Gasteiger partial charge in [0.15, 0.2) is 0 Å². The quantitative estimate of drug-likeness (QED) is 0.744. The summed E-state index contributed by atoms with van der Waals surface area (Å²) in [5.74, 6) is 0. The highest BCUT2D eigenvalue weighted by Gasteiger charge is 2.03. The third kappa shape index (κ3) is 2.18. The molecule has 0 bridgehead atoms. The van der Waals surface area contributed by atoms with Crippen LogP contribution in [-0.4, -0.2) is 14.5 Å². The van der Waals surface area contributed by atoms with Crippen molar-refractivity contribution in [1.82, 2.24) is 14.5 Å². The van der Waals surface area contributed by atoms with E-state index in [1.54, 1.807) is 0 Å². The predicted molar refractivity (Wildman–Crippen MR) is 72.2 cm³/mol. The van der Waals surface area contributed by atoms with Gasteiger partial charge in [-0.25, -0.2) is 4.79 Å². The molecule has 1 N–H and O–H groups in total. The van der Waals surface area contributed by atoms with Crippen LogP contribution in [0.25, 0.3) is 10.9 Å². The first kappa shape index (κ1) is 11.4. The molecule has 3 rings (SSSR count). The van der Waals surface area contributed by atoms with Crippen molar-refractivity contribution in [2.75, 3.05) is 0 Å². The molecule has 0 atom stereocenters. The highest BCUT2D eigenvalue weighted by molar-refractivity contribution is 5.78. The number of aromatic nitrogens is 3. The van der Waals surface area contributed by atoms with E-state index in [1.807, 2.05) is 36.4 Å². The second-order valence-electron chi connectivity index (χ2n) is 4.20. The number of hydrogen-bond donors (Lipinski definition) is 1. The molecule has 0 fully saturated rings. The van der Waals surface area contributed by atoms with E-state index in [2.05, 4.69) is 9.97 Å². The van der Waals surface area contributed by atoms with Gasteiger partial charge in [-0.2, -0.15) is 0 Å². The fourth-order valence-electron chi connectivity index (χ4n) is 1.96. The Morgan fingerprint density at radius 2 is 1.89 bits per heavy atom. The Morgan fingerprint density at radius 1 is 1.05 bits per heavy atom. The molecule has 0 saturated heterocycles. The molecule has 0 radical (unpaired) electrons. The van der Waals surface area contributed by atoms with Crippen LogP contribution in [0, 0.1) is 0 Å². The maximum absolute atomic E-state index is 11.6. The van der Waals surface area contributed by atoms with Crippen molar-refractivity contribution in [1.29, 1.82) is 0 Å². The summed E-state index contributed by atoms with van der Waals surface area (Å²) >= 11 is 0. The van der Waals surface area contributed by atoms with Gasteiger partial charge in [-0.15, -0.1) is 0 Å². The van der Waals surface area contributed by atoms with E-state index in [4.69, 9.17) is 0 Å². The van der Waals surface area contributed by atoms with E-state index < -0.39 is 5.69 Å². The number of rotatable bonds is 2. The Bertz CT molecular complexity index is 820. The van der Waals surface area contributed by atoms with Crippen LogP contribution in [0.4, 0.5) is 0 Å². The zero-order chi connectivity index (χ0) is 13.2. The third-order valence-corrected chi connectivity index (χ3v) is 2.92. The summed E-state index contributed by atoms with van der Waals surface area (Å²) in [7, 11) is 0. The van der Waals surface area contributed by atoms with Crippen LogP contribution in [0.5, 0.6) is 0 Å². The van der Waals surface area contributed by atoms with Crippen molar-refractivity contribution in [3.8, 4) is 0 Å². The van der Waals surface area contributed by atoms with Gasteiger partial charge in [0, 0.05) is 17.6 Å². The van der Waals surface area contributed by atoms with E-state index in [-0.39, 0.29) is 12.1 Å². The number of H-pyrrole nitrogens is 1. The van der Waals surface area contributed by atoms with E-state index in [0.29, 0.717) is 5.69 Å². The second-order valence-corrected chi connectivity index (χ2v) is 4.20. The molecule has 5 nitrogen and oxygen atoms in total. The minimum Gasteiger partial charge on any atom is -0.314 e. The van der Waals surface area contributed by atoms with E-state index in [9.17, 15) is 9.59 Å². The largest absolute Gasteiger partial charge is 0.328 e. The maximum atomic E-state index is 11.6. The van der Waals surface area contributed by atoms with Crippen LogP contribution >= 0.6 is 0 Å². The van der Waals surface area contributed by atoms with Crippen molar-refractivity contribution in [3.05, 3.63) is 75.2 Å². The van der Waals surface area contributed by atoms with Crippen LogP contribution in [-0.2, 0) is 6.54 Å². The molecule has 0 unspecified atom stereocenters. The molecular formula is C14H11N3O2. The summed E-state index contributed by atoms with van der Waals surface area (Å²) in [6.45, 7) is 0.167. The molecule has 3 aromatic rings. The topological polar surface area (TPSA) is 67.8 Å². The fourth-order valence-corrected chi connectivity index (χ4v) is 1.96. The van der Waals surface area contributed by atoms with Crippen LogP contribution in [0.15, 0.2) is 58.3 Å². The van der Waals surface area contributed by atoms with Crippen LogP contribution in [0.2, 0.25) is 0 Å². The van der Waals surface area contributed by atoms with Gasteiger partial charge in [0.05, 0.1) is 17.8 Å². The Kier molecular flexibility index (Phi) is 2.72. The molecule has 0 saturated carbocycles. The lowest BCUT2D eigenvalue weighted by atomic mass is 10.2. The average molecular weight is 253 g/mol. The van der Waals surface area contributed by atoms with Crippen LogP contribution < -0.4 is 11.2 Å². The normalized spacial score (nSPS) is 10.7. The molecule has 19 heavy (non-hydrogen) atoms. The molecule has 2 aromatic heterocycles. The van der Waals surface area contributed by atoms with Crippen LogP contribution in [0.3, 0.4) is 0 Å². The summed E-state index contributed by atoms with van der Waals surface area (Å²) in [6.07, 6.45) is 1.34. The molecule has 0 spiro atoms. The maximum Gasteiger partial charge on any atom is 0.328 e. The van der Waals surface area contributed by atoms with Crippen molar-refractivity contribution >= 4 is 10.9 Å². The minimum atomic E-state index is -0.428. The highest BCUT2D eigenvalue weighted by atomic mass is 16.2. The number of para-hydroxylation sites is 1.